The number of hydrogen-bond donors (Lipinski definition) is 2. The quantitative estimate of drug-likeness (QED) is 0.855. The van der Waals surface area contributed by atoms with Crippen LogP contribution in [0.4, 0.5) is 10.5 Å². The van der Waals surface area contributed by atoms with Crippen LogP contribution in [0.15, 0.2) is 48.5 Å². The van der Waals surface area contributed by atoms with Gasteiger partial charge in [0.25, 0.3) is 5.91 Å². The zero-order valence-corrected chi connectivity index (χ0v) is 15.6. The van der Waals surface area contributed by atoms with Crippen LogP contribution in [0.25, 0.3) is 0 Å². The van der Waals surface area contributed by atoms with Crippen molar-refractivity contribution in [2.45, 2.75) is 6.04 Å². The summed E-state index contributed by atoms with van der Waals surface area (Å²) in [5.74, 6) is -0.0288. The number of benzene rings is 2. The van der Waals surface area contributed by atoms with Crippen molar-refractivity contribution in [2.24, 2.45) is 0 Å². The summed E-state index contributed by atoms with van der Waals surface area (Å²) in [5.41, 5.74) is 2.35. The summed E-state index contributed by atoms with van der Waals surface area (Å²) in [5, 5.41) is 6.79. The zero-order valence-electron chi connectivity index (χ0n) is 14.8. The summed E-state index contributed by atoms with van der Waals surface area (Å²) in [6.07, 6.45) is 0. The molecule has 1 unspecified atom stereocenters. The monoisotopic (exact) mass is 384 g/mol. The van der Waals surface area contributed by atoms with Crippen molar-refractivity contribution < 1.29 is 9.59 Å². The first-order valence-electron chi connectivity index (χ1n) is 9.07. The summed E-state index contributed by atoms with van der Waals surface area (Å²) >= 11 is 6.37. The maximum absolute atomic E-state index is 13.2. The molecular formula is C20H21ClN4O2. The van der Waals surface area contributed by atoms with Crippen LogP contribution in [0.1, 0.15) is 22.0 Å². The molecule has 2 saturated heterocycles. The van der Waals surface area contributed by atoms with Gasteiger partial charge >= 0.3 is 6.03 Å². The van der Waals surface area contributed by atoms with Crippen LogP contribution < -0.4 is 15.5 Å². The number of hydrogen-bond acceptors (Lipinski definition) is 3. The van der Waals surface area contributed by atoms with Gasteiger partial charge in [0.05, 0.1) is 6.04 Å². The van der Waals surface area contributed by atoms with E-state index in [1.54, 1.807) is 17.0 Å². The van der Waals surface area contributed by atoms with E-state index in [0.717, 1.165) is 17.8 Å². The normalized spacial score (nSPS) is 19.9. The Morgan fingerprint density at radius 3 is 2.52 bits per heavy atom. The maximum atomic E-state index is 13.2. The van der Waals surface area contributed by atoms with E-state index in [9.17, 15) is 9.59 Å². The van der Waals surface area contributed by atoms with Crippen molar-refractivity contribution in [3.63, 3.8) is 0 Å². The summed E-state index contributed by atoms with van der Waals surface area (Å²) in [4.78, 5) is 28.5. The molecule has 1 atom stereocenters. The molecule has 0 spiro atoms. The highest BCUT2D eigenvalue weighted by Crippen LogP contribution is 2.30. The molecule has 2 aliphatic heterocycles. The van der Waals surface area contributed by atoms with Crippen LogP contribution >= 0.6 is 11.6 Å². The predicted molar refractivity (Wildman–Crippen MR) is 105 cm³/mol. The Bertz CT molecular complexity index is 855. The number of urea groups is 1. The SMILES string of the molecule is O=C1NCCN1c1ccc(C(=O)N2CCNCC2c2ccccc2Cl)cc1. The highest BCUT2D eigenvalue weighted by molar-refractivity contribution is 6.31. The number of piperazine rings is 1. The molecule has 2 aromatic carbocycles. The fourth-order valence-corrected chi connectivity index (χ4v) is 3.90. The number of nitrogens with zero attached hydrogens (tertiary/aromatic N) is 2. The molecule has 0 bridgehead atoms. The van der Waals surface area contributed by atoms with Gasteiger partial charge in [0, 0.05) is 49.0 Å². The van der Waals surface area contributed by atoms with E-state index < -0.39 is 0 Å². The topological polar surface area (TPSA) is 64.7 Å². The van der Waals surface area contributed by atoms with E-state index in [1.807, 2.05) is 41.3 Å². The first kappa shape index (κ1) is 17.8. The van der Waals surface area contributed by atoms with E-state index in [0.29, 0.717) is 36.8 Å². The molecule has 2 fully saturated rings. The molecule has 140 valence electrons. The lowest BCUT2D eigenvalue weighted by Crippen LogP contribution is -2.48. The minimum absolute atomic E-state index is 0.0288. The molecule has 2 N–H and O–H groups in total. The lowest BCUT2D eigenvalue weighted by molar-refractivity contribution is 0.0634. The maximum Gasteiger partial charge on any atom is 0.321 e. The Morgan fingerprint density at radius 2 is 1.81 bits per heavy atom. The molecule has 6 nitrogen and oxygen atoms in total. The highest BCUT2D eigenvalue weighted by atomic mass is 35.5. The summed E-state index contributed by atoms with van der Waals surface area (Å²) < 4.78 is 0. The average molecular weight is 385 g/mol. The van der Waals surface area contributed by atoms with Crippen molar-refractivity contribution in [3.8, 4) is 0 Å². The predicted octanol–water partition coefficient (Wildman–Crippen LogP) is 2.66. The lowest BCUT2D eigenvalue weighted by Gasteiger charge is -2.37. The minimum atomic E-state index is -0.107. The molecule has 27 heavy (non-hydrogen) atoms. The van der Waals surface area contributed by atoms with E-state index >= 15 is 0 Å². The number of rotatable bonds is 3. The molecule has 7 heteroatoms. The second-order valence-electron chi connectivity index (χ2n) is 6.67. The number of carbonyl (C=O) groups excluding carboxylic acids is 2. The van der Waals surface area contributed by atoms with Gasteiger partial charge in [-0.05, 0) is 35.9 Å². The fourth-order valence-electron chi connectivity index (χ4n) is 3.64. The molecule has 3 amide bonds. The van der Waals surface area contributed by atoms with Crippen LogP contribution in [-0.4, -0.2) is 49.6 Å². The van der Waals surface area contributed by atoms with Gasteiger partial charge in [0.1, 0.15) is 0 Å². The molecule has 2 aromatic rings. The lowest BCUT2D eigenvalue weighted by atomic mass is 10.0. The summed E-state index contributed by atoms with van der Waals surface area (Å²) in [6.45, 7) is 3.31. The van der Waals surface area contributed by atoms with Gasteiger partial charge in [-0.15, -0.1) is 0 Å². The fraction of sp³-hybridized carbons (Fsp3) is 0.300. The van der Waals surface area contributed by atoms with Crippen molar-refractivity contribution in [1.29, 1.82) is 0 Å². The third kappa shape index (κ3) is 3.50. The van der Waals surface area contributed by atoms with Gasteiger partial charge < -0.3 is 15.5 Å². The minimum Gasteiger partial charge on any atom is -0.336 e. The van der Waals surface area contributed by atoms with Crippen molar-refractivity contribution in [3.05, 3.63) is 64.7 Å². The largest absolute Gasteiger partial charge is 0.336 e. The van der Waals surface area contributed by atoms with E-state index in [-0.39, 0.29) is 18.0 Å². The second kappa shape index (κ2) is 7.58. The van der Waals surface area contributed by atoms with Gasteiger partial charge in [-0.2, -0.15) is 0 Å². The molecule has 2 heterocycles. The van der Waals surface area contributed by atoms with Crippen LogP contribution in [0.3, 0.4) is 0 Å². The number of halogens is 1. The van der Waals surface area contributed by atoms with Crippen molar-refractivity contribution in [1.82, 2.24) is 15.5 Å². The smallest absolute Gasteiger partial charge is 0.321 e. The Morgan fingerprint density at radius 1 is 1.04 bits per heavy atom. The van der Waals surface area contributed by atoms with Gasteiger partial charge in [-0.1, -0.05) is 29.8 Å². The van der Waals surface area contributed by atoms with E-state index in [1.165, 1.54) is 0 Å². The first-order chi connectivity index (χ1) is 13.1. The zero-order chi connectivity index (χ0) is 18.8. The van der Waals surface area contributed by atoms with Gasteiger partial charge in [0.2, 0.25) is 0 Å². The standard InChI is InChI=1S/C20H21ClN4O2/c21-17-4-2-1-3-16(17)18-13-22-9-11-25(18)19(26)14-5-7-15(8-6-14)24-12-10-23-20(24)27/h1-8,18,22H,9-13H2,(H,23,27). The van der Waals surface area contributed by atoms with E-state index in [2.05, 4.69) is 10.6 Å². The number of carbonyl (C=O) groups is 2. The highest BCUT2D eigenvalue weighted by Gasteiger charge is 2.30. The molecule has 2 aliphatic rings. The molecule has 0 aliphatic carbocycles. The Labute approximate surface area is 163 Å². The van der Waals surface area contributed by atoms with Crippen LogP contribution in [-0.2, 0) is 0 Å². The summed E-state index contributed by atoms with van der Waals surface area (Å²) in [7, 11) is 0. The van der Waals surface area contributed by atoms with Gasteiger partial charge in [0.15, 0.2) is 0 Å². The number of amides is 3. The van der Waals surface area contributed by atoms with E-state index in [4.69, 9.17) is 11.6 Å². The molecular weight excluding hydrogens is 364 g/mol. The van der Waals surface area contributed by atoms with Gasteiger partial charge in [-0.3, -0.25) is 9.69 Å². The summed E-state index contributed by atoms with van der Waals surface area (Å²) in [6, 6.07) is 14.7. The number of nitrogens with one attached hydrogen (secondary N) is 2. The van der Waals surface area contributed by atoms with Gasteiger partial charge in [-0.25, -0.2) is 4.79 Å². The molecule has 0 aromatic heterocycles. The van der Waals surface area contributed by atoms with Crippen molar-refractivity contribution >= 4 is 29.2 Å². The molecule has 0 saturated carbocycles. The Kier molecular flexibility index (Phi) is 5.01. The average Bonchev–Trinajstić information content (AvgIpc) is 3.14. The van der Waals surface area contributed by atoms with Crippen molar-refractivity contribution in [2.75, 3.05) is 37.6 Å². The third-order valence-electron chi connectivity index (χ3n) is 5.05. The Balaban J connectivity index is 1.57. The number of anilines is 1. The first-order valence-corrected chi connectivity index (χ1v) is 9.44. The molecule has 0 radical (unpaired) electrons. The van der Waals surface area contributed by atoms with Crippen LogP contribution in [0.5, 0.6) is 0 Å². The van der Waals surface area contributed by atoms with Crippen LogP contribution in [0, 0.1) is 0 Å². The molecule has 4 rings (SSSR count). The second-order valence-corrected chi connectivity index (χ2v) is 7.08. The third-order valence-corrected chi connectivity index (χ3v) is 5.40. The Hall–Kier alpha value is -2.57. The van der Waals surface area contributed by atoms with Crippen LogP contribution in [0.2, 0.25) is 5.02 Å².